The first-order valence-corrected chi connectivity index (χ1v) is 5.34. The monoisotopic (exact) mass is 199 g/mol. The summed E-state index contributed by atoms with van der Waals surface area (Å²) < 4.78 is 0. The van der Waals surface area contributed by atoms with Gasteiger partial charge in [-0.15, -0.1) is 0 Å². The molecule has 1 aliphatic rings. The summed E-state index contributed by atoms with van der Waals surface area (Å²) in [6.07, 6.45) is 2.55. The first kappa shape index (κ1) is 11.5. The highest BCUT2D eigenvalue weighted by Gasteiger charge is 2.29. The molecule has 1 amide bonds. The topological polar surface area (TPSA) is 40.5 Å². The van der Waals surface area contributed by atoms with Crippen LogP contribution in [-0.4, -0.2) is 35.1 Å². The second-order valence-electron chi connectivity index (χ2n) is 5.30. The number of likely N-dealkylation sites (tertiary alicyclic amines) is 1. The maximum absolute atomic E-state index is 11.8. The molecule has 1 atom stereocenters. The van der Waals surface area contributed by atoms with E-state index >= 15 is 0 Å². The van der Waals surface area contributed by atoms with Crippen molar-refractivity contribution in [3.8, 4) is 0 Å². The predicted octanol–water partition coefficient (Wildman–Crippen LogP) is 1.41. The number of hydrogen-bond acceptors (Lipinski definition) is 2. The van der Waals surface area contributed by atoms with Gasteiger partial charge in [0, 0.05) is 13.0 Å². The predicted molar refractivity (Wildman–Crippen MR) is 55.9 cm³/mol. The lowest BCUT2D eigenvalue weighted by Gasteiger charge is -2.27. The van der Waals surface area contributed by atoms with Crippen LogP contribution in [0.1, 0.15) is 40.0 Å². The van der Waals surface area contributed by atoms with Crippen molar-refractivity contribution in [1.29, 1.82) is 0 Å². The van der Waals surface area contributed by atoms with Crippen LogP contribution in [0.3, 0.4) is 0 Å². The average molecular weight is 199 g/mol. The molecule has 0 aliphatic carbocycles. The molecule has 0 unspecified atom stereocenters. The van der Waals surface area contributed by atoms with E-state index in [0.29, 0.717) is 6.42 Å². The number of carbonyl (C=O) groups excluding carboxylic acids is 1. The number of hydrogen-bond donors (Lipinski definition) is 1. The number of aliphatic hydroxyl groups is 1. The summed E-state index contributed by atoms with van der Waals surface area (Å²) in [5.74, 6) is 0.189. The van der Waals surface area contributed by atoms with Gasteiger partial charge in [-0.25, -0.2) is 0 Å². The molecule has 82 valence electrons. The fourth-order valence-electron chi connectivity index (χ4n) is 1.91. The highest BCUT2D eigenvalue weighted by Crippen LogP contribution is 2.24. The molecule has 1 saturated heterocycles. The molecule has 0 aromatic carbocycles. The van der Waals surface area contributed by atoms with E-state index in [2.05, 4.69) is 20.8 Å². The molecule has 1 heterocycles. The van der Waals surface area contributed by atoms with Gasteiger partial charge < -0.3 is 10.0 Å². The number of amides is 1. The number of carbonyl (C=O) groups is 1. The standard InChI is InChI=1S/C11H21NO2/c1-11(2,3)7-10(14)12-6-4-5-9(12)8-13/h9,13H,4-8H2,1-3H3/t9-/m1/s1. The summed E-state index contributed by atoms with van der Waals surface area (Å²) in [6, 6.07) is 0.0739. The summed E-state index contributed by atoms with van der Waals surface area (Å²) in [6.45, 7) is 7.12. The van der Waals surface area contributed by atoms with Crippen LogP contribution in [-0.2, 0) is 4.79 Å². The molecule has 0 radical (unpaired) electrons. The Morgan fingerprint density at radius 2 is 2.14 bits per heavy atom. The van der Waals surface area contributed by atoms with Crippen LogP contribution in [0.25, 0.3) is 0 Å². The van der Waals surface area contributed by atoms with Crippen molar-refractivity contribution >= 4 is 5.91 Å². The fraction of sp³-hybridized carbons (Fsp3) is 0.909. The van der Waals surface area contributed by atoms with Gasteiger partial charge in [-0.05, 0) is 18.3 Å². The molecule has 1 N–H and O–H groups in total. The third kappa shape index (κ3) is 2.98. The van der Waals surface area contributed by atoms with Gasteiger partial charge in [0.05, 0.1) is 12.6 Å². The van der Waals surface area contributed by atoms with Gasteiger partial charge in [-0.2, -0.15) is 0 Å². The van der Waals surface area contributed by atoms with E-state index in [4.69, 9.17) is 5.11 Å². The molecule has 0 saturated carbocycles. The molecule has 0 aromatic rings. The lowest BCUT2D eigenvalue weighted by atomic mass is 9.91. The normalized spacial score (nSPS) is 22.9. The van der Waals surface area contributed by atoms with Crippen molar-refractivity contribution in [1.82, 2.24) is 4.90 Å². The second kappa shape index (κ2) is 4.30. The van der Waals surface area contributed by atoms with Gasteiger partial charge in [-0.3, -0.25) is 4.79 Å². The van der Waals surface area contributed by atoms with Crippen molar-refractivity contribution in [3.63, 3.8) is 0 Å². The van der Waals surface area contributed by atoms with Crippen molar-refractivity contribution in [2.75, 3.05) is 13.2 Å². The Kier molecular flexibility index (Phi) is 3.53. The van der Waals surface area contributed by atoms with Gasteiger partial charge in [-0.1, -0.05) is 20.8 Å². The number of nitrogens with zero attached hydrogens (tertiary/aromatic N) is 1. The van der Waals surface area contributed by atoms with Gasteiger partial charge in [0.2, 0.25) is 5.91 Å². The minimum Gasteiger partial charge on any atom is -0.394 e. The van der Waals surface area contributed by atoms with Crippen molar-refractivity contribution < 1.29 is 9.90 Å². The summed E-state index contributed by atoms with van der Waals surface area (Å²) in [7, 11) is 0. The van der Waals surface area contributed by atoms with Crippen LogP contribution < -0.4 is 0 Å². The summed E-state index contributed by atoms with van der Waals surface area (Å²) >= 11 is 0. The quantitative estimate of drug-likeness (QED) is 0.730. The van der Waals surface area contributed by atoms with E-state index in [1.54, 1.807) is 0 Å². The molecule has 0 bridgehead atoms. The SMILES string of the molecule is CC(C)(C)CC(=O)N1CCC[C@@H]1CO. The lowest BCUT2D eigenvalue weighted by molar-refractivity contribution is -0.134. The molecule has 1 fully saturated rings. The minimum atomic E-state index is 0.0413. The third-order valence-corrected chi connectivity index (χ3v) is 2.59. The molecule has 14 heavy (non-hydrogen) atoms. The largest absolute Gasteiger partial charge is 0.394 e. The zero-order valence-corrected chi connectivity index (χ0v) is 9.42. The van der Waals surface area contributed by atoms with E-state index in [-0.39, 0.29) is 24.0 Å². The number of rotatable bonds is 2. The van der Waals surface area contributed by atoms with Crippen molar-refractivity contribution in [2.24, 2.45) is 5.41 Å². The molecular formula is C11H21NO2. The van der Waals surface area contributed by atoms with Crippen LogP contribution in [0.15, 0.2) is 0 Å². The Hall–Kier alpha value is -0.570. The summed E-state index contributed by atoms with van der Waals surface area (Å²) in [5, 5.41) is 9.09. The van der Waals surface area contributed by atoms with Crippen LogP contribution in [0, 0.1) is 5.41 Å². The Balaban J connectivity index is 2.52. The van der Waals surface area contributed by atoms with Gasteiger partial charge in [0.1, 0.15) is 0 Å². The first-order valence-electron chi connectivity index (χ1n) is 5.34. The first-order chi connectivity index (χ1) is 6.44. The zero-order chi connectivity index (χ0) is 10.8. The van der Waals surface area contributed by atoms with Crippen LogP contribution in [0.5, 0.6) is 0 Å². The molecule has 0 aromatic heterocycles. The highest BCUT2D eigenvalue weighted by atomic mass is 16.3. The Morgan fingerprint density at radius 3 is 2.64 bits per heavy atom. The van der Waals surface area contributed by atoms with Crippen LogP contribution in [0.2, 0.25) is 0 Å². The summed E-state index contributed by atoms with van der Waals surface area (Å²) in [4.78, 5) is 13.7. The Labute approximate surface area is 86.1 Å². The third-order valence-electron chi connectivity index (χ3n) is 2.59. The molecular weight excluding hydrogens is 178 g/mol. The van der Waals surface area contributed by atoms with E-state index < -0.39 is 0 Å². The van der Waals surface area contributed by atoms with E-state index in [1.165, 1.54) is 0 Å². The molecule has 1 aliphatic heterocycles. The second-order valence-corrected chi connectivity index (χ2v) is 5.30. The van der Waals surface area contributed by atoms with E-state index in [9.17, 15) is 4.79 Å². The van der Waals surface area contributed by atoms with Gasteiger partial charge in [0.15, 0.2) is 0 Å². The minimum absolute atomic E-state index is 0.0413. The molecule has 3 heteroatoms. The molecule has 1 rings (SSSR count). The number of aliphatic hydroxyl groups excluding tert-OH is 1. The van der Waals surface area contributed by atoms with Gasteiger partial charge in [0.25, 0.3) is 0 Å². The van der Waals surface area contributed by atoms with Gasteiger partial charge >= 0.3 is 0 Å². The molecule has 0 spiro atoms. The van der Waals surface area contributed by atoms with E-state index in [1.807, 2.05) is 4.90 Å². The zero-order valence-electron chi connectivity index (χ0n) is 9.42. The Bertz CT molecular complexity index is 208. The van der Waals surface area contributed by atoms with Crippen LogP contribution in [0.4, 0.5) is 0 Å². The van der Waals surface area contributed by atoms with E-state index in [0.717, 1.165) is 19.4 Å². The Morgan fingerprint density at radius 1 is 1.50 bits per heavy atom. The fourth-order valence-corrected chi connectivity index (χ4v) is 1.91. The smallest absolute Gasteiger partial charge is 0.223 e. The average Bonchev–Trinajstić information content (AvgIpc) is 2.47. The highest BCUT2D eigenvalue weighted by molar-refractivity contribution is 5.77. The van der Waals surface area contributed by atoms with Crippen LogP contribution >= 0.6 is 0 Å². The lowest BCUT2D eigenvalue weighted by Crippen LogP contribution is -2.39. The van der Waals surface area contributed by atoms with Crippen molar-refractivity contribution in [2.45, 2.75) is 46.1 Å². The summed E-state index contributed by atoms with van der Waals surface area (Å²) in [5.41, 5.74) is 0.0413. The van der Waals surface area contributed by atoms with Crippen molar-refractivity contribution in [3.05, 3.63) is 0 Å². The maximum atomic E-state index is 11.8. The molecule has 3 nitrogen and oxygen atoms in total. The maximum Gasteiger partial charge on any atom is 0.223 e.